The Morgan fingerprint density at radius 1 is 0.714 bits per heavy atom. The minimum Gasteiger partial charge on any atom is -0.507 e. The maximum atomic E-state index is 11.3. The monoisotopic (exact) mass is 472 g/mol. The molecular weight excluding hydrogens is 440 g/mol. The van der Waals surface area contributed by atoms with Gasteiger partial charge in [-0.05, 0) is 55.7 Å². The van der Waals surface area contributed by atoms with Crippen LogP contribution in [0.3, 0.4) is 0 Å². The molecule has 180 valence electrons. The summed E-state index contributed by atoms with van der Waals surface area (Å²) in [7, 11) is 0. The molecule has 0 bridgehead atoms. The smallest absolute Gasteiger partial charge is 0.245 e. The van der Waals surface area contributed by atoms with Crippen molar-refractivity contribution >= 4 is 11.0 Å². The van der Waals surface area contributed by atoms with E-state index >= 15 is 0 Å². The van der Waals surface area contributed by atoms with Crippen molar-refractivity contribution in [3.8, 4) is 17.2 Å². The lowest BCUT2D eigenvalue weighted by Crippen LogP contribution is -3.22. The number of rotatable bonds is 5. The van der Waals surface area contributed by atoms with E-state index in [1.807, 2.05) is 42.5 Å². The summed E-state index contributed by atoms with van der Waals surface area (Å²) in [6.45, 7) is 3.07. The van der Waals surface area contributed by atoms with Crippen molar-refractivity contribution in [1.82, 2.24) is 0 Å². The van der Waals surface area contributed by atoms with Gasteiger partial charge in [0.05, 0.1) is 0 Å². The van der Waals surface area contributed by atoms with Gasteiger partial charge in [0.25, 0.3) is 0 Å². The van der Waals surface area contributed by atoms with Crippen LogP contribution in [0.4, 0.5) is 0 Å². The Hall–Kier alpha value is -3.48. The van der Waals surface area contributed by atoms with Crippen LogP contribution in [0.15, 0.2) is 65.1 Å². The zero-order valence-corrected chi connectivity index (χ0v) is 19.8. The van der Waals surface area contributed by atoms with Crippen molar-refractivity contribution < 1.29 is 29.5 Å². The van der Waals surface area contributed by atoms with Crippen LogP contribution < -0.4 is 9.80 Å². The number of benzene rings is 3. The first-order valence-corrected chi connectivity index (χ1v) is 12.6. The van der Waals surface area contributed by atoms with E-state index in [4.69, 9.17) is 4.42 Å². The Morgan fingerprint density at radius 3 is 1.94 bits per heavy atom. The number of fused-ring (bicyclic) bond motifs is 3. The lowest BCUT2D eigenvalue weighted by Gasteiger charge is -2.26. The van der Waals surface area contributed by atoms with E-state index in [-0.39, 0.29) is 6.17 Å². The minimum absolute atomic E-state index is 0.0680. The number of phenols is 3. The number of nitrogens with one attached hydrogen (secondary N) is 2. The fourth-order valence-electron chi connectivity index (χ4n) is 6.16. The lowest BCUT2D eigenvalue weighted by molar-refractivity contribution is -1.09. The van der Waals surface area contributed by atoms with E-state index in [9.17, 15) is 15.3 Å². The van der Waals surface area contributed by atoms with Crippen LogP contribution in [0, 0.1) is 0 Å². The molecule has 0 spiro atoms. The molecule has 6 heteroatoms. The van der Waals surface area contributed by atoms with Crippen LogP contribution in [0.2, 0.25) is 0 Å². The molecule has 1 aromatic heterocycles. The predicted molar refractivity (Wildman–Crippen MR) is 133 cm³/mol. The summed E-state index contributed by atoms with van der Waals surface area (Å²) in [4.78, 5) is 2.57. The summed E-state index contributed by atoms with van der Waals surface area (Å²) >= 11 is 0. The lowest BCUT2D eigenvalue weighted by atomic mass is 9.92. The molecule has 6 rings (SSSR count). The van der Waals surface area contributed by atoms with E-state index in [2.05, 4.69) is 0 Å². The molecule has 2 unspecified atom stereocenters. The molecule has 35 heavy (non-hydrogen) atoms. The van der Waals surface area contributed by atoms with Gasteiger partial charge in [0.2, 0.25) is 6.17 Å². The molecule has 5 N–H and O–H groups in total. The number of hydrogen-bond acceptors (Lipinski definition) is 4. The van der Waals surface area contributed by atoms with Crippen molar-refractivity contribution in [3.05, 3.63) is 88.7 Å². The van der Waals surface area contributed by atoms with Gasteiger partial charge in [-0.15, -0.1) is 0 Å². The topological polar surface area (TPSA) is 82.7 Å². The van der Waals surface area contributed by atoms with Gasteiger partial charge in [0.1, 0.15) is 60.3 Å². The van der Waals surface area contributed by atoms with Crippen molar-refractivity contribution in [2.75, 3.05) is 13.1 Å². The maximum absolute atomic E-state index is 11.3. The summed E-state index contributed by atoms with van der Waals surface area (Å²) < 4.78 is 6.28. The van der Waals surface area contributed by atoms with E-state index in [1.54, 1.807) is 18.2 Å². The first kappa shape index (κ1) is 22.0. The molecule has 0 radical (unpaired) electrons. The third-order valence-corrected chi connectivity index (χ3v) is 7.83. The standard InChI is InChI=1S/C29H30N2O4/c32-22-10-4-1-7-19(22)17-30-15-16-31(18-20-8-2-5-11-23(20)33)29(30)28-24(34)13-14-26-27(28)21-9-3-6-12-25(21)35-26/h1-2,4-5,7-8,10-11,13-14,29,32-34H,3,6,9,12,15-18H2/p+2. The van der Waals surface area contributed by atoms with E-state index in [1.165, 1.54) is 15.4 Å². The van der Waals surface area contributed by atoms with Crippen LogP contribution in [-0.2, 0) is 25.9 Å². The number of para-hydroxylation sites is 2. The Labute approximate surface area is 204 Å². The third kappa shape index (κ3) is 3.93. The number of phenolic OH excluding ortho intramolecular Hbond substituents is 3. The van der Waals surface area contributed by atoms with E-state index in [0.717, 1.165) is 72.2 Å². The van der Waals surface area contributed by atoms with Gasteiger partial charge in [-0.3, -0.25) is 9.80 Å². The minimum atomic E-state index is -0.0680. The number of quaternary nitrogens is 2. The average Bonchev–Trinajstić information content (AvgIpc) is 3.43. The van der Waals surface area contributed by atoms with Gasteiger partial charge < -0.3 is 19.7 Å². The Kier molecular flexibility index (Phi) is 5.63. The highest BCUT2D eigenvalue weighted by Gasteiger charge is 2.45. The largest absolute Gasteiger partial charge is 0.507 e. The highest BCUT2D eigenvalue weighted by Crippen LogP contribution is 2.39. The van der Waals surface area contributed by atoms with Crippen LogP contribution in [-0.4, -0.2) is 28.4 Å². The van der Waals surface area contributed by atoms with Crippen molar-refractivity contribution in [1.29, 1.82) is 0 Å². The Morgan fingerprint density at radius 2 is 1.31 bits per heavy atom. The first-order chi connectivity index (χ1) is 17.1. The predicted octanol–water partition coefficient (Wildman–Crippen LogP) is 2.61. The molecule has 1 aliphatic carbocycles. The molecule has 2 aliphatic rings. The SMILES string of the molecule is Oc1ccccc1C[NH+]1CC[NH+](Cc2ccccc2O)C1c1c(O)ccc2oc3c(c12)CCCC3. The molecule has 6 nitrogen and oxygen atoms in total. The molecule has 3 aromatic carbocycles. The molecule has 2 atom stereocenters. The average molecular weight is 473 g/mol. The van der Waals surface area contributed by atoms with E-state index in [0.29, 0.717) is 30.3 Å². The molecule has 4 aromatic rings. The van der Waals surface area contributed by atoms with Crippen LogP contribution >= 0.6 is 0 Å². The van der Waals surface area contributed by atoms with Gasteiger partial charge in [-0.1, -0.05) is 24.3 Å². The van der Waals surface area contributed by atoms with Gasteiger partial charge in [-0.2, -0.15) is 0 Å². The van der Waals surface area contributed by atoms with Gasteiger partial charge in [-0.25, -0.2) is 0 Å². The van der Waals surface area contributed by atoms with Gasteiger partial charge in [0, 0.05) is 28.5 Å². The Bertz CT molecular complexity index is 1320. The second-order valence-electron chi connectivity index (χ2n) is 9.94. The molecule has 0 saturated carbocycles. The molecule has 1 fully saturated rings. The fraction of sp³-hybridized carbons (Fsp3) is 0.310. The quantitative estimate of drug-likeness (QED) is 0.309. The van der Waals surface area contributed by atoms with Crippen molar-refractivity contribution in [2.24, 2.45) is 0 Å². The zero-order valence-electron chi connectivity index (χ0n) is 19.8. The number of aryl methyl sites for hydroxylation is 2. The van der Waals surface area contributed by atoms with Crippen molar-refractivity contribution in [3.63, 3.8) is 0 Å². The number of aromatic hydroxyl groups is 3. The summed E-state index contributed by atoms with van der Waals surface area (Å²) in [5.74, 6) is 1.95. The summed E-state index contributed by atoms with van der Waals surface area (Å²) in [6, 6.07) is 18.7. The van der Waals surface area contributed by atoms with E-state index < -0.39 is 0 Å². The second-order valence-corrected chi connectivity index (χ2v) is 9.94. The maximum Gasteiger partial charge on any atom is 0.245 e. The summed E-state index contributed by atoms with van der Waals surface area (Å²) in [5.41, 5.74) is 4.82. The van der Waals surface area contributed by atoms with Crippen LogP contribution in [0.1, 0.15) is 47.0 Å². The molecule has 1 saturated heterocycles. The third-order valence-electron chi connectivity index (χ3n) is 7.83. The first-order valence-electron chi connectivity index (χ1n) is 12.6. The normalized spacial score (nSPS) is 21.9. The number of furan rings is 1. The molecule has 1 aliphatic heterocycles. The van der Waals surface area contributed by atoms with Gasteiger partial charge in [0.15, 0.2) is 0 Å². The summed E-state index contributed by atoms with van der Waals surface area (Å²) in [5, 5.41) is 33.4. The molecule has 2 heterocycles. The molecular formula is C29H32N2O4+2. The highest BCUT2D eigenvalue weighted by molar-refractivity contribution is 5.88. The Balaban J connectivity index is 1.48. The van der Waals surface area contributed by atoms with Crippen LogP contribution in [0.5, 0.6) is 17.2 Å². The number of hydrogen-bond donors (Lipinski definition) is 5. The second kappa shape index (κ2) is 8.95. The summed E-state index contributed by atoms with van der Waals surface area (Å²) in [6.07, 6.45) is 4.10. The van der Waals surface area contributed by atoms with Crippen molar-refractivity contribution in [2.45, 2.75) is 44.9 Å². The van der Waals surface area contributed by atoms with Gasteiger partial charge >= 0.3 is 0 Å². The highest BCUT2D eigenvalue weighted by atomic mass is 16.3. The zero-order chi connectivity index (χ0) is 23.9. The molecule has 0 amide bonds. The van der Waals surface area contributed by atoms with Crippen LogP contribution in [0.25, 0.3) is 11.0 Å². The fourth-order valence-corrected chi connectivity index (χ4v) is 6.16.